The van der Waals surface area contributed by atoms with Crippen LogP contribution in [0, 0.1) is 5.41 Å². The van der Waals surface area contributed by atoms with Gasteiger partial charge in [-0.3, -0.25) is 0 Å². The van der Waals surface area contributed by atoms with Gasteiger partial charge < -0.3 is 4.57 Å². The molecule has 2 rings (SSSR count). The highest BCUT2D eigenvalue weighted by Crippen LogP contribution is 2.19. The predicted octanol–water partition coefficient (Wildman–Crippen LogP) is 3.52. The molecule has 2 aromatic rings. The zero-order valence-corrected chi connectivity index (χ0v) is 10.9. The topological polar surface area (TPSA) is 17.8 Å². The summed E-state index contributed by atoms with van der Waals surface area (Å²) in [6.45, 7) is 7.64. The smallest absolute Gasteiger partial charge is 0.109 e. The molecule has 0 spiro atoms. The first kappa shape index (κ1) is 11.9. The standard InChI is InChI=1S/C15H20N2/c1-15(2,3)11-14-16-9-10-17(14)12-13-7-5-4-6-8-13/h4-10H,11-12H2,1-3H3. The molecule has 90 valence electrons. The first-order valence-corrected chi connectivity index (χ1v) is 6.08. The Bertz CT molecular complexity index is 463. The molecule has 1 aromatic carbocycles. The highest BCUT2D eigenvalue weighted by Gasteiger charge is 2.15. The quantitative estimate of drug-likeness (QED) is 0.786. The van der Waals surface area contributed by atoms with E-state index >= 15 is 0 Å². The van der Waals surface area contributed by atoms with E-state index in [1.165, 1.54) is 11.4 Å². The first-order chi connectivity index (χ1) is 8.04. The summed E-state index contributed by atoms with van der Waals surface area (Å²) in [7, 11) is 0. The summed E-state index contributed by atoms with van der Waals surface area (Å²) in [5.41, 5.74) is 1.60. The summed E-state index contributed by atoms with van der Waals surface area (Å²) in [4.78, 5) is 4.46. The van der Waals surface area contributed by atoms with Crippen LogP contribution in [0.2, 0.25) is 0 Å². The molecule has 1 heterocycles. The maximum Gasteiger partial charge on any atom is 0.109 e. The fraction of sp³-hybridized carbons (Fsp3) is 0.400. The van der Waals surface area contributed by atoms with E-state index in [-0.39, 0.29) is 5.41 Å². The van der Waals surface area contributed by atoms with Crippen LogP contribution in [0.4, 0.5) is 0 Å². The number of aromatic nitrogens is 2. The second-order valence-electron chi connectivity index (χ2n) is 5.69. The zero-order chi connectivity index (χ0) is 12.3. The van der Waals surface area contributed by atoms with Crippen molar-refractivity contribution in [3.05, 3.63) is 54.1 Å². The second kappa shape index (κ2) is 4.74. The number of benzene rings is 1. The molecular formula is C15H20N2. The van der Waals surface area contributed by atoms with Crippen LogP contribution < -0.4 is 0 Å². The van der Waals surface area contributed by atoms with E-state index in [0.29, 0.717) is 0 Å². The Labute approximate surface area is 103 Å². The average Bonchev–Trinajstić information content (AvgIpc) is 2.65. The molecule has 17 heavy (non-hydrogen) atoms. The number of imidazole rings is 1. The van der Waals surface area contributed by atoms with E-state index < -0.39 is 0 Å². The minimum absolute atomic E-state index is 0.278. The maximum absolute atomic E-state index is 4.46. The van der Waals surface area contributed by atoms with E-state index in [2.05, 4.69) is 60.8 Å². The van der Waals surface area contributed by atoms with Crippen molar-refractivity contribution in [2.45, 2.75) is 33.7 Å². The van der Waals surface area contributed by atoms with Crippen LogP contribution in [-0.2, 0) is 13.0 Å². The van der Waals surface area contributed by atoms with Gasteiger partial charge in [0.05, 0.1) is 0 Å². The number of hydrogen-bond acceptors (Lipinski definition) is 1. The van der Waals surface area contributed by atoms with Gasteiger partial charge in [-0.15, -0.1) is 0 Å². The normalized spacial score (nSPS) is 11.7. The number of nitrogens with zero attached hydrogens (tertiary/aromatic N) is 2. The number of rotatable bonds is 3. The minimum Gasteiger partial charge on any atom is -0.330 e. The van der Waals surface area contributed by atoms with Gasteiger partial charge in [-0.2, -0.15) is 0 Å². The van der Waals surface area contributed by atoms with Crippen molar-refractivity contribution < 1.29 is 0 Å². The lowest BCUT2D eigenvalue weighted by molar-refractivity contribution is 0.393. The summed E-state index contributed by atoms with van der Waals surface area (Å²) < 4.78 is 2.24. The molecule has 2 nitrogen and oxygen atoms in total. The molecule has 0 aliphatic carbocycles. The van der Waals surface area contributed by atoms with Gasteiger partial charge in [0, 0.05) is 25.4 Å². The predicted molar refractivity (Wildman–Crippen MR) is 70.9 cm³/mol. The van der Waals surface area contributed by atoms with E-state index in [4.69, 9.17) is 0 Å². The van der Waals surface area contributed by atoms with Gasteiger partial charge in [-0.25, -0.2) is 4.98 Å². The Kier molecular flexibility index (Phi) is 3.32. The molecule has 0 bridgehead atoms. The molecule has 0 N–H and O–H groups in total. The van der Waals surface area contributed by atoms with Crippen molar-refractivity contribution >= 4 is 0 Å². The molecule has 0 aliphatic heterocycles. The lowest BCUT2D eigenvalue weighted by Gasteiger charge is -2.18. The monoisotopic (exact) mass is 228 g/mol. The molecule has 0 unspecified atom stereocenters. The Morgan fingerprint density at radius 1 is 1.12 bits per heavy atom. The Morgan fingerprint density at radius 2 is 1.82 bits per heavy atom. The van der Waals surface area contributed by atoms with Crippen molar-refractivity contribution in [2.75, 3.05) is 0 Å². The van der Waals surface area contributed by atoms with Gasteiger partial charge in [0.15, 0.2) is 0 Å². The van der Waals surface area contributed by atoms with E-state index in [1.54, 1.807) is 0 Å². The third-order valence-corrected chi connectivity index (χ3v) is 2.69. The van der Waals surface area contributed by atoms with Crippen LogP contribution in [0.1, 0.15) is 32.2 Å². The second-order valence-corrected chi connectivity index (χ2v) is 5.69. The van der Waals surface area contributed by atoms with Crippen molar-refractivity contribution in [1.82, 2.24) is 9.55 Å². The highest BCUT2D eigenvalue weighted by molar-refractivity contribution is 5.16. The summed E-state index contributed by atoms with van der Waals surface area (Å²) in [5, 5.41) is 0. The van der Waals surface area contributed by atoms with E-state index in [0.717, 1.165) is 13.0 Å². The fourth-order valence-corrected chi connectivity index (χ4v) is 1.91. The minimum atomic E-state index is 0.278. The van der Waals surface area contributed by atoms with Gasteiger partial charge in [0.2, 0.25) is 0 Å². The first-order valence-electron chi connectivity index (χ1n) is 6.08. The van der Waals surface area contributed by atoms with Crippen molar-refractivity contribution in [2.24, 2.45) is 5.41 Å². The van der Waals surface area contributed by atoms with Crippen molar-refractivity contribution in [3.63, 3.8) is 0 Å². The summed E-state index contributed by atoms with van der Waals surface area (Å²) in [6.07, 6.45) is 4.96. The van der Waals surface area contributed by atoms with Gasteiger partial charge in [0.1, 0.15) is 5.82 Å². The molecular weight excluding hydrogens is 208 g/mol. The molecule has 0 saturated carbocycles. The molecule has 0 fully saturated rings. The zero-order valence-electron chi connectivity index (χ0n) is 10.9. The molecule has 0 aliphatic rings. The molecule has 0 amide bonds. The molecule has 1 aromatic heterocycles. The van der Waals surface area contributed by atoms with E-state index in [9.17, 15) is 0 Å². The summed E-state index contributed by atoms with van der Waals surface area (Å²) in [6, 6.07) is 10.5. The lowest BCUT2D eigenvalue weighted by atomic mass is 9.92. The van der Waals surface area contributed by atoms with Crippen LogP contribution in [0.25, 0.3) is 0 Å². The lowest BCUT2D eigenvalue weighted by Crippen LogP contribution is -2.14. The van der Waals surface area contributed by atoms with Crippen LogP contribution in [0.3, 0.4) is 0 Å². The Hall–Kier alpha value is -1.57. The third-order valence-electron chi connectivity index (χ3n) is 2.69. The molecule has 0 atom stereocenters. The van der Waals surface area contributed by atoms with Gasteiger partial charge in [-0.1, -0.05) is 51.1 Å². The van der Waals surface area contributed by atoms with Crippen LogP contribution in [-0.4, -0.2) is 9.55 Å². The Morgan fingerprint density at radius 3 is 2.47 bits per heavy atom. The highest BCUT2D eigenvalue weighted by atomic mass is 15.1. The van der Waals surface area contributed by atoms with Gasteiger partial charge in [0.25, 0.3) is 0 Å². The molecule has 0 radical (unpaired) electrons. The van der Waals surface area contributed by atoms with Crippen LogP contribution in [0.15, 0.2) is 42.7 Å². The Balaban J connectivity index is 2.15. The summed E-state index contributed by atoms with van der Waals surface area (Å²) in [5.74, 6) is 1.17. The molecule has 0 saturated heterocycles. The van der Waals surface area contributed by atoms with Crippen molar-refractivity contribution in [1.29, 1.82) is 0 Å². The average molecular weight is 228 g/mol. The molecule has 2 heteroatoms. The third kappa shape index (κ3) is 3.45. The van der Waals surface area contributed by atoms with Crippen LogP contribution >= 0.6 is 0 Å². The number of hydrogen-bond donors (Lipinski definition) is 0. The SMILES string of the molecule is CC(C)(C)Cc1nccn1Cc1ccccc1. The van der Waals surface area contributed by atoms with E-state index in [1.807, 2.05) is 12.3 Å². The fourth-order valence-electron chi connectivity index (χ4n) is 1.91. The van der Waals surface area contributed by atoms with Gasteiger partial charge >= 0.3 is 0 Å². The van der Waals surface area contributed by atoms with Gasteiger partial charge in [-0.05, 0) is 11.0 Å². The summed E-state index contributed by atoms with van der Waals surface area (Å²) >= 11 is 0. The largest absolute Gasteiger partial charge is 0.330 e. The van der Waals surface area contributed by atoms with Crippen LogP contribution in [0.5, 0.6) is 0 Å². The maximum atomic E-state index is 4.46. The van der Waals surface area contributed by atoms with Crippen molar-refractivity contribution in [3.8, 4) is 0 Å².